The molecule has 4 nitrogen and oxygen atoms in total. The van der Waals surface area contributed by atoms with Gasteiger partial charge in [-0.3, -0.25) is 4.79 Å². The molecule has 6 heteroatoms. The van der Waals surface area contributed by atoms with Crippen LogP contribution in [0.15, 0.2) is 17.5 Å². The number of amides is 1. The van der Waals surface area contributed by atoms with Gasteiger partial charge in [-0.2, -0.15) is 0 Å². The summed E-state index contributed by atoms with van der Waals surface area (Å²) in [6.07, 6.45) is 0.146. The molecule has 0 aromatic carbocycles. The molecule has 2 N–H and O–H groups in total. The molecular weight excluding hydrogens is 256 g/mol. The van der Waals surface area contributed by atoms with E-state index in [-0.39, 0.29) is 12.0 Å². The SMILES string of the molecule is NC(=S)C1CN(C(=O)Cc2cccs2)CCO1. The number of hydrogen-bond acceptors (Lipinski definition) is 4. The van der Waals surface area contributed by atoms with Crippen LogP contribution < -0.4 is 5.73 Å². The van der Waals surface area contributed by atoms with Gasteiger partial charge in [-0.1, -0.05) is 18.3 Å². The molecule has 0 bridgehead atoms. The average molecular weight is 270 g/mol. The molecule has 92 valence electrons. The van der Waals surface area contributed by atoms with E-state index in [1.165, 1.54) is 0 Å². The van der Waals surface area contributed by atoms with Crippen molar-refractivity contribution in [2.24, 2.45) is 5.73 Å². The van der Waals surface area contributed by atoms with E-state index in [0.29, 0.717) is 31.1 Å². The number of hydrogen-bond donors (Lipinski definition) is 1. The standard InChI is InChI=1S/C11H14N2O2S2/c12-11(16)9-7-13(3-4-15-9)10(14)6-8-2-1-5-17-8/h1-2,5,9H,3-4,6-7H2,(H2,12,16). The minimum Gasteiger partial charge on any atom is -0.391 e. The summed E-state index contributed by atoms with van der Waals surface area (Å²) in [5.74, 6) is 0.108. The lowest BCUT2D eigenvalue weighted by atomic mass is 10.2. The lowest BCUT2D eigenvalue weighted by Crippen LogP contribution is -2.50. The summed E-state index contributed by atoms with van der Waals surface area (Å²) >= 11 is 6.48. The van der Waals surface area contributed by atoms with Crippen molar-refractivity contribution in [2.75, 3.05) is 19.7 Å². The van der Waals surface area contributed by atoms with E-state index < -0.39 is 0 Å². The zero-order valence-electron chi connectivity index (χ0n) is 9.30. The highest BCUT2D eigenvalue weighted by atomic mass is 32.1. The van der Waals surface area contributed by atoms with Crippen molar-refractivity contribution in [3.05, 3.63) is 22.4 Å². The molecule has 1 amide bonds. The second kappa shape index (κ2) is 5.57. The van der Waals surface area contributed by atoms with Crippen molar-refractivity contribution >= 4 is 34.5 Å². The van der Waals surface area contributed by atoms with Gasteiger partial charge in [0.2, 0.25) is 5.91 Å². The zero-order valence-corrected chi connectivity index (χ0v) is 10.9. The number of thiophene rings is 1. The third-order valence-electron chi connectivity index (χ3n) is 2.64. The number of ether oxygens (including phenoxy) is 1. The maximum atomic E-state index is 12.0. The monoisotopic (exact) mass is 270 g/mol. The summed E-state index contributed by atoms with van der Waals surface area (Å²) in [4.78, 5) is 15.2. The van der Waals surface area contributed by atoms with Gasteiger partial charge in [0.1, 0.15) is 11.1 Å². The Morgan fingerprint density at radius 2 is 2.53 bits per heavy atom. The Balaban J connectivity index is 1.93. The van der Waals surface area contributed by atoms with E-state index in [0.717, 1.165) is 4.88 Å². The fraction of sp³-hybridized carbons (Fsp3) is 0.455. The van der Waals surface area contributed by atoms with Crippen molar-refractivity contribution in [1.82, 2.24) is 4.90 Å². The summed E-state index contributed by atoms with van der Waals surface area (Å²) in [5, 5.41) is 1.97. The predicted octanol–water partition coefficient (Wildman–Crippen LogP) is 0.804. The molecule has 1 aromatic rings. The van der Waals surface area contributed by atoms with E-state index in [1.54, 1.807) is 16.2 Å². The summed E-state index contributed by atoms with van der Waals surface area (Å²) < 4.78 is 5.40. The molecule has 1 saturated heterocycles. The number of rotatable bonds is 3. The number of carbonyl (C=O) groups excluding carboxylic acids is 1. The normalized spacial score (nSPS) is 20.2. The van der Waals surface area contributed by atoms with Gasteiger partial charge in [-0.15, -0.1) is 11.3 Å². The summed E-state index contributed by atoms with van der Waals surface area (Å²) in [6, 6.07) is 3.92. The van der Waals surface area contributed by atoms with Crippen molar-refractivity contribution in [2.45, 2.75) is 12.5 Å². The van der Waals surface area contributed by atoms with E-state index in [2.05, 4.69) is 0 Å². The molecule has 2 heterocycles. The smallest absolute Gasteiger partial charge is 0.228 e. The molecule has 1 atom stereocenters. The number of nitrogens with zero attached hydrogens (tertiary/aromatic N) is 1. The first-order chi connectivity index (χ1) is 8.16. The Bertz CT molecular complexity index is 406. The van der Waals surface area contributed by atoms with Crippen LogP contribution in [0, 0.1) is 0 Å². The summed E-state index contributed by atoms with van der Waals surface area (Å²) in [7, 11) is 0. The molecule has 1 aliphatic rings. The first-order valence-electron chi connectivity index (χ1n) is 5.38. The molecule has 1 unspecified atom stereocenters. The maximum Gasteiger partial charge on any atom is 0.228 e. The van der Waals surface area contributed by atoms with Crippen LogP contribution in [0.1, 0.15) is 4.88 Å². The average Bonchev–Trinajstić information content (AvgIpc) is 2.82. The van der Waals surface area contributed by atoms with Crippen LogP contribution in [0.5, 0.6) is 0 Å². The highest BCUT2D eigenvalue weighted by molar-refractivity contribution is 7.80. The molecular formula is C11H14N2O2S2. The van der Waals surface area contributed by atoms with E-state index in [9.17, 15) is 4.79 Å². The lowest BCUT2D eigenvalue weighted by molar-refractivity contribution is -0.135. The number of morpholine rings is 1. The highest BCUT2D eigenvalue weighted by Crippen LogP contribution is 2.13. The Morgan fingerprint density at radius 1 is 1.71 bits per heavy atom. The Labute approximate surface area is 109 Å². The van der Waals surface area contributed by atoms with Crippen molar-refractivity contribution in [3.8, 4) is 0 Å². The first kappa shape index (κ1) is 12.5. The van der Waals surface area contributed by atoms with Crippen LogP contribution in [-0.2, 0) is 16.0 Å². The van der Waals surface area contributed by atoms with Crippen LogP contribution >= 0.6 is 23.6 Å². The van der Waals surface area contributed by atoms with Crippen molar-refractivity contribution in [3.63, 3.8) is 0 Å². The Kier molecular flexibility index (Phi) is 4.09. The number of nitrogens with two attached hydrogens (primary N) is 1. The molecule has 1 aromatic heterocycles. The molecule has 0 aliphatic carbocycles. The summed E-state index contributed by atoms with van der Waals surface area (Å²) in [5.41, 5.74) is 5.54. The van der Waals surface area contributed by atoms with Crippen molar-refractivity contribution in [1.29, 1.82) is 0 Å². The third-order valence-corrected chi connectivity index (χ3v) is 3.78. The van der Waals surface area contributed by atoms with Gasteiger partial charge in [-0.25, -0.2) is 0 Å². The van der Waals surface area contributed by atoms with Crippen LogP contribution in [0.25, 0.3) is 0 Å². The molecule has 17 heavy (non-hydrogen) atoms. The minimum atomic E-state index is -0.300. The van der Waals surface area contributed by atoms with Gasteiger partial charge < -0.3 is 15.4 Å². The fourth-order valence-electron chi connectivity index (χ4n) is 1.72. The third kappa shape index (κ3) is 3.24. The second-order valence-corrected chi connectivity index (χ2v) is 5.36. The lowest BCUT2D eigenvalue weighted by Gasteiger charge is -2.32. The van der Waals surface area contributed by atoms with Gasteiger partial charge >= 0.3 is 0 Å². The minimum absolute atomic E-state index is 0.108. The Morgan fingerprint density at radius 3 is 3.18 bits per heavy atom. The van der Waals surface area contributed by atoms with Gasteiger partial charge in [0.25, 0.3) is 0 Å². The number of carbonyl (C=O) groups is 1. The number of thiocarbonyl (C=S) groups is 1. The quantitative estimate of drug-likeness (QED) is 0.826. The van der Waals surface area contributed by atoms with E-state index in [1.807, 2.05) is 17.5 Å². The second-order valence-electron chi connectivity index (χ2n) is 3.86. The van der Waals surface area contributed by atoms with Gasteiger partial charge in [0.15, 0.2) is 0 Å². The molecule has 0 saturated carbocycles. The van der Waals surface area contributed by atoms with Crippen molar-refractivity contribution < 1.29 is 9.53 Å². The van der Waals surface area contributed by atoms with E-state index >= 15 is 0 Å². The molecule has 2 rings (SSSR count). The molecule has 1 aliphatic heterocycles. The van der Waals surface area contributed by atoms with Gasteiger partial charge in [0.05, 0.1) is 19.6 Å². The summed E-state index contributed by atoms with van der Waals surface area (Å²) in [6.45, 7) is 1.58. The van der Waals surface area contributed by atoms with Gasteiger partial charge in [-0.05, 0) is 11.4 Å². The van der Waals surface area contributed by atoms with Gasteiger partial charge in [0, 0.05) is 11.4 Å². The maximum absolute atomic E-state index is 12.0. The van der Waals surface area contributed by atoms with E-state index in [4.69, 9.17) is 22.7 Å². The molecule has 0 spiro atoms. The van der Waals surface area contributed by atoms with Crippen LogP contribution in [-0.4, -0.2) is 41.6 Å². The highest BCUT2D eigenvalue weighted by Gasteiger charge is 2.25. The fourth-order valence-corrected chi connectivity index (χ4v) is 2.56. The first-order valence-corrected chi connectivity index (χ1v) is 6.66. The largest absolute Gasteiger partial charge is 0.391 e. The molecule has 1 fully saturated rings. The van der Waals surface area contributed by atoms with Crippen LogP contribution in [0.2, 0.25) is 0 Å². The zero-order chi connectivity index (χ0) is 12.3. The Hall–Kier alpha value is -0.980. The predicted molar refractivity (Wildman–Crippen MR) is 71.1 cm³/mol. The van der Waals surface area contributed by atoms with Crippen LogP contribution in [0.3, 0.4) is 0 Å². The molecule has 0 radical (unpaired) electrons. The topological polar surface area (TPSA) is 55.6 Å². The van der Waals surface area contributed by atoms with Crippen LogP contribution in [0.4, 0.5) is 0 Å².